The molecule has 1 saturated heterocycles. The zero-order valence-corrected chi connectivity index (χ0v) is 13.8. The number of hydrogen-bond donors (Lipinski definition) is 0. The minimum absolute atomic E-state index is 0.803. The van der Waals surface area contributed by atoms with E-state index < -0.39 is 0 Å². The topological polar surface area (TPSA) is 29.0 Å². The minimum atomic E-state index is 0.803. The van der Waals surface area contributed by atoms with E-state index in [1.807, 2.05) is 24.3 Å². The molecule has 4 heteroatoms. The van der Waals surface area contributed by atoms with Crippen LogP contribution in [0.15, 0.2) is 53.0 Å². The van der Waals surface area contributed by atoms with Gasteiger partial charge in [-0.05, 0) is 31.0 Å². The SMILES string of the molecule is Brc1ccc2nc(-c3ccccc3)nc(N3CCCC3)c2c1. The highest BCUT2D eigenvalue weighted by Gasteiger charge is 2.18. The zero-order chi connectivity index (χ0) is 14.9. The number of fused-ring (bicyclic) bond motifs is 1. The molecule has 1 aliphatic rings. The fourth-order valence-electron chi connectivity index (χ4n) is 2.97. The van der Waals surface area contributed by atoms with Crippen LogP contribution in [-0.2, 0) is 0 Å². The second kappa shape index (κ2) is 5.69. The van der Waals surface area contributed by atoms with Crippen LogP contribution in [0, 0.1) is 0 Å². The Balaban J connectivity index is 1.95. The van der Waals surface area contributed by atoms with E-state index in [4.69, 9.17) is 9.97 Å². The van der Waals surface area contributed by atoms with Gasteiger partial charge in [0.25, 0.3) is 0 Å². The first kappa shape index (κ1) is 13.7. The molecule has 0 amide bonds. The fraction of sp³-hybridized carbons (Fsp3) is 0.222. The van der Waals surface area contributed by atoms with E-state index in [9.17, 15) is 0 Å². The highest BCUT2D eigenvalue weighted by Crippen LogP contribution is 2.31. The Morgan fingerprint density at radius 1 is 0.909 bits per heavy atom. The molecule has 22 heavy (non-hydrogen) atoms. The molecular weight excluding hydrogens is 338 g/mol. The predicted molar refractivity (Wildman–Crippen MR) is 94.1 cm³/mol. The lowest BCUT2D eigenvalue weighted by Gasteiger charge is -2.19. The standard InChI is InChI=1S/C18H16BrN3/c19-14-8-9-16-15(12-14)18(22-10-4-5-11-22)21-17(20-16)13-6-2-1-3-7-13/h1-3,6-9,12H,4-5,10-11H2. The summed E-state index contributed by atoms with van der Waals surface area (Å²) in [5.41, 5.74) is 2.06. The second-order valence-corrected chi connectivity index (χ2v) is 6.51. The van der Waals surface area contributed by atoms with Gasteiger partial charge in [-0.2, -0.15) is 0 Å². The third-order valence-electron chi connectivity index (χ3n) is 4.08. The monoisotopic (exact) mass is 353 g/mol. The highest BCUT2D eigenvalue weighted by atomic mass is 79.9. The van der Waals surface area contributed by atoms with Crippen molar-refractivity contribution in [2.45, 2.75) is 12.8 Å². The summed E-state index contributed by atoms with van der Waals surface area (Å²) in [5.74, 6) is 1.86. The van der Waals surface area contributed by atoms with Crippen molar-refractivity contribution < 1.29 is 0 Å². The summed E-state index contributed by atoms with van der Waals surface area (Å²) >= 11 is 3.56. The average Bonchev–Trinajstić information content (AvgIpc) is 3.09. The van der Waals surface area contributed by atoms with Gasteiger partial charge in [-0.3, -0.25) is 0 Å². The van der Waals surface area contributed by atoms with Gasteiger partial charge >= 0.3 is 0 Å². The maximum Gasteiger partial charge on any atom is 0.162 e. The molecule has 0 atom stereocenters. The zero-order valence-electron chi connectivity index (χ0n) is 12.2. The van der Waals surface area contributed by atoms with Gasteiger partial charge in [0.2, 0.25) is 0 Å². The molecule has 4 rings (SSSR count). The highest BCUT2D eigenvalue weighted by molar-refractivity contribution is 9.10. The lowest BCUT2D eigenvalue weighted by molar-refractivity contribution is 0.941. The van der Waals surface area contributed by atoms with E-state index in [-0.39, 0.29) is 0 Å². The van der Waals surface area contributed by atoms with E-state index in [1.165, 1.54) is 12.8 Å². The van der Waals surface area contributed by atoms with E-state index >= 15 is 0 Å². The molecule has 3 nitrogen and oxygen atoms in total. The number of hydrogen-bond acceptors (Lipinski definition) is 3. The van der Waals surface area contributed by atoms with Crippen molar-refractivity contribution in [1.29, 1.82) is 0 Å². The van der Waals surface area contributed by atoms with Crippen molar-refractivity contribution in [2.24, 2.45) is 0 Å². The third-order valence-corrected chi connectivity index (χ3v) is 4.57. The molecule has 1 aromatic heterocycles. The van der Waals surface area contributed by atoms with Crippen molar-refractivity contribution >= 4 is 32.7 Å². The van der Waals surface area contributed by atoms with Crippen LogP contribution >= 0.6 is 15.9 Å². The molecule has 1 fully saturated rings. The number of halogens is 1. The summed E-state index contributed by atoms with van der Waals surface area (Å²) in [4.78, 5) is 12.0. The average molecular weight is 354 g/mol. The van der Waals surface area contributed by atoms with Gasteiger partial charge in [0.1, 0.15) is 5.82 Å². The molecule has 0 spiro atoms. The van der Waals surface area contributed by atoms with Crippen LogP contribution in [0.3, 0.4) is 0 Å². The van der Waals surface area contributed by atoms with Crippen LogP contribution in [0.4, 0.5) is 5.82 Å². The van der Waals surface area contributed by atoms with Crippen LogP contribution in [-0.4, -0.2) is 23.1 Å². The molecule has 0 radical (unpaired) electrons. The van der Waals surface area contributed by atoms with Gasteiger partial charge in [-0.1, -0.05) is 46.3 Å². The second-order valence-electron chi connectivity index (χ2n) is 5.59. The smallest absolute Gasteiger partial charge is 0.162 e. The maximum atomic E-state index is 4.89. The predicted octanol–water partition coefficient (Wildman–Crippen LogP) is 4.66. The number of aromatic nitrogens is 2. The van der Waals surface area contributed by atoms with E-state index in [2.05, 4.69) is 45.1 Å². The molecular formula is C18H16BrN3. The van der Waals surface area contributed by atoms with Crippen LogP contribution in [0.2, 0.25) is 0 Å². The van der Waals surface area contributed by atoms with Crippen LogP contribution in [0.5, 0.6) is 0 Å². The fourth-order valence-corrected chi connectivity index (χ4v) is 3.33. The van der Waals surface area contributed by atoms with Gasteiger partial charge in [-0.25, -0.2) is 9.97 Å². The summed E-state index contributed by atoms with van der Waals surface area (Å²) in [6, 6.07) is 16.4. The lowest BCUT2D eigenvalue weighted by Crippen LogP contribution is -2.20. The molecule has 3 aromatic rings. The lowest BCUT2D eigenvalue weighted by atomic mass is 10.2. The number of rotatable bonds is 2. The van der Waals surface area contributed by atoms with Crippen LogP contribution < -0.4 is 4.90 Å². The Labute approximate surface area is 138 Å². The molecule has 1 aliphatic heterocycles. The Hall–Kier alpha value is -1.94. The van der Waals surface area contributed by atoms with Crippen LogP contribution in [0.25, 0.3) is 22.3 Å². The molecule has 0 unspecified atom stereocenters. The normalized spacial score (nSPS) is 14.7. The van der Waals surface area contributed by atoms with Gasteiger partial charge in [0.05, 0.1) is 5.52 Å². The van der Waals surface area contributed by atoms with Gasteiger partial charge in [-0.15, -0.1) is 0 Å². The van der Waals surface area contributed by atoms with Gasteiger partial charge in [0, 0.05) is 28.5 Å². The largest absolute Gasteiger partial charge is 0.356 e. The van der Waals surface area contributed by atoms with E-state index in [1.54, 1.807) is 0 Å². The molecule has 2 aromatic carbocycles. The summed E-state index contributed by atoms with van der Waals surface area (Å²) < 4.78 is 1.07. The first-order chi connectivity index (χ1) is 10.8. The Morgan fingerprint density at radius 2 is 1.68 bits per heavy atom. The maximum absolute atomic E-state index is 4.89. The molecule has 2 heterocycles. The molecule has 0 N–H and O–H groups in total. The number of benzene rings is 2. The Morgan fingerprint density at radius 3 is 2.45 bits per heavy atom. The molecule has 0 saturated carbocycles. The summed E-state index contributed by atoms with van der Waals surface area (Å²) in [7, 11) is 0. The summed E-state index contributed by atoms with van der Waals surface area (Å²) in [5, 5.41) is 1.12. The summed E-state index contributed by atoms with van der Waals surface area (Å²) in [6.07, 6.45) is 2.47. The molecule has 110 valence electrons. The van der Waals surface area contributed by atoms with Crippen LogP contribution in [0.1, 0.15) is 12.8 Å². The van der Waals surface area contributed by atoms with Crippen molar-refractivity contribution in [3.8, 4) is 11.4 Å². The number of anilines is 1. The number of nitrogens with zero attached hydrogens (tertiary/aromatic N) is 3. The van der Waals surface area contributed by atoms with Crippen molar-refractivity contribution in [1.82, 2.24) is 9.97 Å². The van der Waals surface area contributed by atoms with E-state index in [0.29, 0.717) is 0 Å². The first-order valence-corrected chi connectivity index (χ1v) is 8.38. The molecule has 0 aliphatic carbocycles. The minimum Gasteiger partial charge on any atom is -0.356 e. The molecule has 0 bridgehead atoms. The third kappa shape index (κ3) is 2.48. The van der Waals surface area contributed by atoms with Crippen molar-refractivity contribution in [3.05, 3.63) is 53.0 Å². The van der Waals surface area contributed by atoms with Crippen molar-refractivity contribution in [3.63, 3.8) is 0 Å². The van der Waals surface area contributed by atoms with E-state index in [0.717, 1.165) is 45.7 Å². The van der Waals surface area contributed by atoms with Gasteiger partial charge < -0.3 is 4.90 Å². The Kier molecular flexibility index (Phi) is 3.54. The van der Waals surface area contributed by atoms with Crippen molar-refractivity contribution in [2.75, 3.05) is 18.0 Å². The van der Waals surface area contributed by atoms with Gasteiger partial charge in [0.15, 0.2) is 5.82 Å². The first-order valence-electron chi connectivity index (χ1n) is 7.59. The summed E-state index contributed by atoms with van der Waals surface area (Å²) in [6.45, 7) is 2.15. The quantitative estimate of drug-likeness (QED) is 0.670. The Bertz CT molecular complexity index is 811.